The molecule has 240 valence electrons. The molecule has 0 saturated heterocycles. The standard InChI is InChI=1S/C14H11Br2N5O.C8H6BrFO2.C5H6BrN5O/c1-7-4-8(5-15)2-3-9(7)13-20-21-14(22-13)11-12(17)18-6-10(16)19-11;9-4-5-1-2-6(8(11)12)7(10)3-5;6-2-1-9-4(7)3(10-2)5(12)11-8/h2-4,6H,5H2,1H3,(H2,17,18);1-3H,4H2,(H,11,12);1H,8H2,(H2,7,9)(H,11,12). The van der Waals surface area contributed by atoms with Gasteiger partial charge in [0.15, 0.2) is 23.0 Å². The van der Waals surface area contributed by atoms with Crippen LogP contribution in [0.2, 0.25) is 0 Å². The van der Waals surface area contributed by atoms with Gasteiger partial charge in [-0.1, -0.05) is 50.1 Å². The number of halogens is 5. The Labute approximate surface area is 294 Å². The molecule has 0 radical (unpaired) electrons. The van der Waals surface area contributed by atoms with Crippen LogP contribution in [0.3, 0.4) is 0 Å². The second-order valence-corrected chi connectivity index (χ2v) is 11.5. The summed E-state index contributed by atoms with van der Waals surface area (Å²) in [6.07, 6.45) is 2.90. The van der Waals surface area contributed by atoms with Crippen molar-refractivity contribution in [2.24, 2.45) is 5.84 Å². The van der Waals surface area contributed by atoms with Gasteiger partial charge in [-0.05, 0) is 73.7 Å². The van der Waals surface area contributed by atoms with Gasteiger partial charge in [0.1, 0.15) is 15.0 Å². The summed E-state index contributed by atoms with van der Waals surface area (Å²) >= 11 is 12.9. The molecule has 19 heteroatoms. The molecule has 0 unspecified atom stereocenters. The molecule has 0 aliphatic heterocycles. The Hall–Kier alpha value is -3.91. The van der Waals surface area contributed by atoms with Crippen molar-refractivity contribution in [3.05, 3.63) is 91.8 Å². The summed E-state index contributed by atoms with van der Waals surface area (Å²) in [5, 5.41) is 17.9. The highest BCUT2D eigenvalue weighted by Crippen LogP contribution is 2.28. The van der Waals surface area contributed by atoms with Crippen molar-refractivity contribution < 1.29 is 23.5 Å². The molecule has 0 atom stereocenters. The van der Waals surface area contributed by atoms with Crippen molar-refractivity contribution in [1.29, 1.82) is 0 Å². The summed E-state index contributed by atoms with van der Waals surface area (Å²) in [7, 11) is 0. The van der Waals surface area contributed by atoms with Gasteiger partial charge in [-0.3, -0.25) is 10.2 Å². The maximum absolute atomic E-state index is 12.9. The number of aromatic nitrogens is 6. The largest absolute Gasteiger partial charge is 0.478 e. The number of alkyl halides is 2. The van der Waals surface area contributed by atoms with Gasteiger partial charge in [-0.25, -0.2) is 35.0 Å². The molecule has 1 amide bonds. The minimum Gasteiger partial charge on any atom is -0.478 e. The number of carbonyl (C=O) groups excluding carboxylic acids is 1. The van der Waals surface area contributed by atoms with E-state index < -0.39 is 17.7 Å². The average molecular weight is 890 g/mol. The summed E-state index contributed by atoms with van der Waals surface area (Å²) in [4.78, 5) is 37.0. The smallest absolute Gasteiger partial charge is 0.338 e. The van der Waals surface area contributed by atoms with Crippen LogP contribution in [0.4, 0.5) is 16.0 Å². The lowest BCUT2D eigenvalue weighted by Crippen LogP contribution is -2.31. The first kappa shape index (κ1) is 36.6. The number of rotatable bonds is 6. The number of nitrogen functional groups attached to an aromatic ring is 3. The molecule has 0 aliphatic rings. The molecule has 0 aliphatic carbocycles. The molecule has 5 aromatic rings. The zero-order chi connectivity index (χ0) is 34.0. The van der Waals surface area contributed by atoms with E-state index in [4.69, 9.17) is 26.8 Å². The van der Waals surface area contributed by atoms with Crippen LogP contribution < -0.4 is 22.7 Å². The second kappa shape index (κ2) is 17.1. The number of nitrogens with one attached hydrogen (secondary N) is 1. The number of hydrogen-bond acceptors (Lipinski definition) is 12. The average Bonchev–Trinajstić information content (AvgIpc) is 3.53. The maximum atomic E-state index is 12.9. The number of hydrazine groups is 1. The maximum Gasteiger partial charge on any atom is 0.338 e. The molecular formula is C27H23Br4FN10O4. The predicted molar refractivity (Wildman–Crippen MR) is 182 cm³/mol. The molecule has 8 N–H and O–H groups in total. The number of carboxylic acid groups (broad SMARTS) is 1. The van der Waals surface area contributed by atoms with E-state index in [-0.39, 0.29) is 28.8 Å². The predicted octanol–water partition coefficient (Wildman–Crippen LogP) is 5.59. The number of aromatic carboxylic acids is 1. The third-order valence-electron chi connectivity index (χ3n) is 5.61. The van der Waals surface area contributed by atoms with Crippen LogP contribution in [0.25, 0.3) is 23.0 Å². The van der Waals surface area contributed by atoms with E-state index in [9.17, 15) is 14.0 Å². The molecule has 3 aromatic heterocycles. The molecule has 14 nitrogen and oxygen atoms in total. The fourth-order valence-electron chi connectivity index (χ4n) is 3.44. The van der Waals surface area contributed by atoms with Crippen molar-refractivity contribution in [3.8, 4) is 23.0 Å². The number of amides is 1. The SMILES string of the molecule is Cc1cc(CBr)ccc1-c1nnc(-c2nc(Br)cnc2N)o1.NNC(=O)c1nc(Br)cnc1N.O=C(O)c1ccc(CBr)cc1F. The number of carbonyl (C=O) groups is 2. The highest BCUT2D eigenvalue weighted by molar-refractivity contribution is 9.10. The first-order chi connectivity index (χ1) is 21.9. The molecule has 0 saturated carbocycles. The number of anilines is 2. The lowest BCUT2D eigenvalue weighted by Gasteiger charge is -2.03. The van der Waals surface area contributed by atoms with Gasteiger partial charge in [0, 0.05) is 16.2 Å². The first-order valence-corrected chi connectivity index (χ1v) is 16.4. The van der Waals surface area contributed by atoms with Gasteiger partial charge in [-0.15, -0.1) is 10.2 Å². The van der Waals surface area contributed by atoms with Crippen LogP contribution in [-0.4, -0.2) is 47.1 Å². The third kappa shape index (κ3) is 9.79. The lowest BCUT2D eigenvalue weighted by molar-refractivity contribution is 0.0691. The number of benzene rings is 2. The molecule has 0 bridgehead atoms. The van der Waals surface area contributed by atoms with E-state index in [1.54, 1.807) is 6.07 Å². The lowest BCUT2D eigenvalue weighted by atomic mass is 10.1. The Bertz CT molecular complexity index is 1860. The normalized spacial score (nSPS) is 10.2. The van der Waals surface area contributed by atoms with E-state index in [0.717, 1.165) is 22.0 Å². The molecule has 0 spiro atoms. The number of nitrogens with zero attached hydrogens (tertiary/aromatic N) is 6. The summed E-state index contributed by atoms with van der Waals surface area (Å²) in [6, 6.07) is 10.1. The molecule has 3 heterocycles. The number of nitrogens with two attached hydrogens (primary N) is 3. The van der Waals surface area contributed by atoms with Crippen LogP contribution in [0.5, 0.6) is 0 Å². The topological polar surface area (TPSA) is 235 Å². The molecule has 5 rings (SSSR count). The Kier molecular flexibility index (Phi) is 13.6. The quantitative estimate of drug-likeness (QED) is 0.0607. The van der Waals surface area contributed by atoms with Crippen LogP contribution in [0, 0.1) is 12.7 Å². The summed E-state index contributed by atoms with van der Waals surface area (Å²) in [5.41, 5.74) is 17.0. The van der Waals surface area contributed by atoms with Crippen LogP contribution in [0.15, 0.2) is 62.4 Å². The van der Waals surface area contributed by atoms with Gasteiger partial charge >= 0.3 is 5.97 Å². The van der Waals surface area contributed by atoms with E-state index in [2.05, 4.69) is 99.9 Å². The minimum atomic E-state index is -1.24. The van der Waals surface area contributed by atoms with Crippen LogP contribution in [-0.2, 0) is 10.7 Å². The zero-order valence-electron chi connectivity index (χ0n) is 23.5. The van der Waals surface area contributed by atoms with Gasteiger partial charge in [0.05, 0.1) is 18.0 Å². The van der Waals surface area contributed by atoms with E-state index in [1.165, 1.54) is 30.1 Å². The van der Waals surface area contributed by atoms with Gasteiger partial charge < -0.3 is 21.0 Å². The Morgan fingerprint density at radius 2 is 1.50 bits per heavy atom. The van der Waals surface area contributed by atoms with E-state index in [0.29, 0.717) is 26.1 Å². The number of carboxylic acids is 1. The van der Waals surface area contributed by atoms with Crippen LogP contribution in [0.1, 0.15) is 37.5 Å². The van der Waals surface area contributed by atoms with E-state index >= 15 is 0 Å². The third-order valence-corrected chi connectivity index (χ3v) is 7.67. The molecule has 2 aromatic carbocycles. The zero-order valence-corrected chi connectivity index (χ0v) is 29.9. The van der Waals surface area contributed by atoms with E-state index in [1.807, 2.05) is 24.5 Å². The Morgan fingerprint density at radius 1 is 0.913 bits per heavy atom. The van der Waals surface area contributed by atoms with Crippen molar-refractivity contribution >= 4 is 87.2 Å². The monoisotopic (exact) mass is 886 g/mol. The highest BCUT2D eigenvalue weighted by atomic mass is 79.9. The van der Waals surface area contributed by atoms with Gasteiger partial charge in [0.25, 0.3) is 11.8 Å². The second-order valence-electron chi connectivity index (χ2n) is 8.77. The number of aryl methyl sites for hydroxylation is 1. The summed E-state index contributed by atoms with van der Waals surface area (Å²) in [5.74, 6) is 3.33. The molecular weight excluding hydrogens is 867 g/mol. The summed E-state index contributed by atoms with van der Waals surface area (Å²) < 4.78 is 19.6. The van der Waals surface area contributed by atoms with Gasteiger partial charge in [0.2, 0.25) is 5.89 Å². The Morgan fingerprint density at radius 3 is 2.09 bits per heavy atom. The molecule has 0 fully saturated rings. The minimum absolute atomic E-state index is 0.00637. The van der Waals surface area contributed by atoms with Crippen LogP contribution >= 0.6 is 63.7 Å². The Balaban J connectivity index is 0.000000205. The fourth-order valence-corrected chi connectivity index (χ4v) is 4.70. The van der Waals surface area contributed by atoms with Crippen molar-refractivity contribution in [3.63, 3.8) is 0 Å². The van der Waals surface area contributed by atoms with Gasteiger partial charge in [-0.2, -0.15) is 0 Å². The van der Waals surface area contributed by atoms with Crippen molar-refractivity contribution in [1.82, 2.24) is 35.6 Å². The van der Waals surface area contributed by atoms with Crippen molar-refractivity contribution in [2.75, 3.05) is 11.5 Å². The summed E-state index contributed by atoms with van der Waals surface area (Å²) in [6.45, 7) is 2.00. The fraction of sp³-hybridized carbons (Fsp3) is 0.111. The highest BCUT2D eigenvalue weighted by Gasteiger charge is 2.17. The molecule has 46 heavy (non-hydrogen) atoms. The first-order valence-electron chi connectivity index (χ1n) is 12.5. The van der Waals surface area contributed by atoms with Crippen molar-refractivity contribution in [2.45, 2.75) is 17.6 Å². The number of hydrogen-bond donors (Lipinski definition) is 5.